The van der Waals surface area contributed by atoms with Gasteiger partial charge in [-0.25, -0.2) is 0 Å². The molecule has 4 heteroatoms. The van der Waals surface area contributed by atoms with Crippen molar-refractivity contribution in [3.05, 3.63) is 60.2 Å². The van der Waals surface area contributed by atoms with Crippen LogP contribution in [0.4, 0.5) is 0 Å². The molecule has 98 valence electrons. The van der Waals surface area contributed by atoms with Crippen molar-refractivity contribution in [2.24, 2.45) is 5.16 Å². The van der Waals surface area contributed by atoms with Gasteiger partial charge in [0.1, 0.15) is 5.75 Å². The van der Waals surface area contributed by atoms with Crippen molar-refractivity contribution in [3.63, 3.8) is 0 Å². The number of benzene rings is 2. The van der Waals surface area contributed by atoms with Crippen LogP contribution in [-0.4, -0.2) is 23.8 Å². The Morgan fingerprint density at radius 2 is 1.95 bits per heavy atom. The predicted octanol–water partition coefficient (Wildman–Crippen LogP) is 3.67. The zero-order valence-corrected chi connectivity index (χ0v) is 11.4. The summed E-state index contributed by atoms with van der Waals surface area (Å²) in [5.41, 5.74) is 1.50. The predicted molar refractivity (Wildman–Crippen MR) is 78.5 cm³/mol. The molecule has 19 heavy (non-hydrogen) atoms. The van der Waals surface area contributed by atoms with E-state index < -0.39 is 0 Å². The number of hydrogen-bond acceptors (Lipinski definition) is 4. The third-order valence-corrected chi connectivity index (χ3v) is 3.67. The Labute approximate surface area is 116 Å². The van der Waals surface area contributed by atoms with E-state index in [0.29, 0.717) is 11.5 Å². The summed E-state index contributed by atoms with van der Waals surface area (Å²) in [6.45, 7) is 0. The van der Waals surface area contributed by atoms with Gasteiger partial charge in [-0.2, -0.15) is 0 Å². The summed E-state index contributed by atoms with van der Waals surface area (Å²) in [5.74, 6) is 1.36. The average Bonchev–Trinajstić information content (AvgIpc) is 2.49. The van der Waals surface area contributed by atoms with Crippen LogP contribution in [0.1, 0.15) is 5.56 Å². The van der Waals surface area contributed by atoms with Gasteiger partial charge in [-0.1, -0.05) is 35.5 Å². The molecule has 1 N–H and O–H groups in total. The van der Waals surface area contributed by atoms with Crippen LogP contribution in [0.2, 0.25) is 0 Å². The summed E-state index contributed by atoms with van der Waals surface area (Å²) in [7, 11) is 1.62. The summed E-state index contributed by atoms with van der Waals surface area (Å²) >= 11 is 1.63. The number of methoxy groups -OCH3 is 1. The van der Waals surface area contributed by atoms with Crippen molar-refractivity contribution in [1.29, 1.82) is 0 Å². The maximum absolute atomic E-state index is 9.15. The Balaban J connectivity index is 2.08. The van der Waals surface area contributed by atoms with Crippen LogP contribution in [0.3, 0.4) is 0 Å². The molecule has 0 radical (unpaired) electrons. The summed E-state index contributed by atoms with van der Waals surface area (Å²) in [6.07, 6.45) is 0. The van der Waals surface area contributed by atoms with E-state index in [-0.39, 0.29) is 0 Å². The molecule has 0 aliphatic rings. The molecule has 0 saturated carbocycles. The second kappa shape index (κ2) is 6.85. The maximum Gasteiger partial charge on any atom is 0.119 e. The fraction of sp³-hybridized carbons (Fsp3) is 0.133. The number of nitrogens with zero attached hydrogens (tertiary/aromatic N) is 1. The van der Waals surface area contributed by atoms with Crippen molar-refractivity contribution in [1.82, 2.24) is 0 Å². The lowest BCUT2D eigenvalue weighted by molar-refractivity contribution is 0.319. The van der Waals surface area contributed by atoms with Crippen molar-refractivity contribution >= 4 is 17.5 Å². The standard InChI is InChI=1S/C15H15NO2S/c1-18-13-7-5-6-12(10-13)15(16-17)11-19-14-8-3-2-4-9-14/h2-10,17H,11H2,1H3/b16-15-. The number of oxime groups is 1. The minimum absolute atomic E-state index is 0.605. The molecule has 2 aromatic rings. The highest BCUT2D eigenvalue weighted by atomic mass is 32.2. The molecule has 3 nitrogen and oxygen atoms in total. The quantitative estimate of drug-likeness (QED) is 0.391. The van der Waals surface area contributed by atoms with Gasteiger partial charge in [0, 0.05) is 16.2 Å². The molecule has 0 heterocycles. The van der Waals surface area contributed by atoms with Gasteiger partial charge in [-0.05, 0) is 24.3 Å². The molecule has 0 spiro atoms. The first-order valence-electron chi connectivity index (χ1n) is 5.86. The third-order valence-electron chi connectivity index (χ3n) is 2.64. The first-order chi connectivity index (χ1) is 9.33. The number of ether oxygens (including phenoxy) is 1. The number of thioether (sulfide) groups is 1. The highest BCUT2D eigenvalue weighted by molar-refractivity contribution is 8.00. The highest BCUT2D eigenvalue weighted by Crippen LogP contribution is 2.20. The van der Waals surface area contributed by atoms with E-state index in [2.05, 4.69) is 5.16 Å². The number of rotatable bonds is 5. The van der Waals surface area contributed by atoms with Crippen LogP contribution in [-0.2, 0) is 0 Å². The van der Waals surface area contributed by atoms with E-state index in [4.69, 9.17) is 9.94 Å². The highest BCUT2D eigenvalue weighted by Gasteiger charge is 2.06. The Bertz CT molecular complexity index is 555. The first kappa shape index (κ1) is 13.5. The second-order valence-corrected chi connectivity index (χ2v) is 4.93. The Kier molecular flexibility index (Phi) is 4.86. The minimum Gasteiger partial charge on any atom is -0.497 e. The Hall–Kier alpha value is -1.94. The van der Waals surface area contributed by atoms with E-state index in [1.807, 2.05) is 54.6 Å². The first-order valence-corrected chi connectivity index (χ1v) is 6.85. The lowest BCUT2D eigenvalue weighted by Gasteiger charge is -2.06. The van der Waals surface area contributed by atoms with E-state index >= 15 is 0 Å². The molecule has 0 atom stereocenters. The van der Waals surface area contributed by atoms with Crippen molar-refractivity contribution in [2.75, 3.05) is 12.9 Å². The molecule has 0 aliphatic carbocycles. The maximum atomic E-state index is 9.15. The topological polar surface area (TPSA) is 41.8 Å². The van der Waals surface area contributed by atoms with Crippen LogP contribution in [0.15, 0.2) is 64.6 Å². The van der Waals surface area contributed by atoms with Crippen molar-refractivity contribution in [3.8, 4) is 5.75 Å². The van der Waals surface area contributed by atoms with Crippen LogP contribution < -0.4 is 4.74 Å². The van der Waals surface area contributed by atoms with Crippen LogP contribution in [0.25, 0.3) is 0 Å². The van der Waals surface area contributed by atoms with Crippen LogP contribution in [0.5, 0.6) is 5.75 Å². The molecule has 0 saturated heterocycles. The van der Waals surface area contributed by atoms with Crippen LogP contribution in [0, 0.1) is 0 Å². The smallest absolute Gasteiger partial charge is 0.119 e. The van der Waals surface area contributed by atoms with E-state index in [1.54, 1.807) is 18.9 Å². The fourth-order valence-corrected chi connectivity index (χ4v) is 2.52. The molecule has 2 rings (SSSR count). The van der Waals surface area contributed by atoms with Gasteiger partial charge in [0.2, 0.25) is 0 Å². The third kappa shape index (κ3) is 3.76. The zero-order valence-electron chi connectivity index (χ0n) is 10.6. The van der Waals surface area contributed by atoms with Crippen molar-refractivity contribution in [2.45, 2.75) is 4.90 Å². The Morgan fingerprint density at radius 1 is 1.16 bits per heavy atom. The van der Waals surface area contributed by atoms with Gasteiger partial charge >= 0.3 is 0 Å². The fourth-order valence-electron chi connectivity index (χ4n) is 1.64. The van der Waals surface area contributed by atoms with E-state index in [1.165, 1.54) is 0 Å². The SMILES string of the molecule is COc1cccc(/C(CSc2ccccc2)=N\O)c1. The number of hydrogen-bond donors (Lipinski definition) is 1. The molecule has 0 fully saturated rings. The molecule has 0 amide bonds. The normalized spacial score (nSPS) is 11.3. The van der Waals surface area contributed by atoms with E-state index in [9.17, 15) is 0 Å². The summed E-state index contributed by atoms with van der Waals surface area (Å²) < 4.78 is 5.17. The molecular weight excluding hydrogens is 258 g/mol. The van der Waals surface area contributed by atoms with Crippen molar-refractivity contribution < 1.29 is 9.94 Å². The minimum atomic E-state index is 0.605. The van der Waals surface area contributed by atoms with Gasteiger partial charge < -0.3 is 9.94 Å². The van der Waals surface area contributed by atoms with Gasteiger partial charge in [0.15, 0.2) is 0 Å². The summed E-state index contributed by atoms with van der Waals surface area (Å²) in [6, 6.07) is 17.5. The van der Waals surface area contributed by atoms with E-state index in [0.717, 1.165) is 16.2 Å². The van der Waals surface area contributed by atoms with Gasteiger partial charge in [0.05, 0.1) is 12.8 Å². The Morgan fingerprint density at radius 3 is 2.63 bits per heavy atom. The molecule has 2 aromatic carbocycles. The van der Waals surface area contributed by atoms with Gasteiger partial charge in [-0.3, -0.25) is 0 Å². The molecular formula is C15H15NO2S. The molecule has 0 bridgehead atoms. The lowest BCUT2D eigenvalue weighted by Crippen LogP contribution is -2.04. The molecule has 0 aromatic heterocycles. The largest absolute Gasteiger partial charge is 0.497 e. The summed E-state index contributed by atoms with van der Waals surface area (Å²) in [4.78, 5) is 1.14. The molecule has 0 aliphatic heterocycles. The summed E-state index contributed by atoms with van der Waals surface area (Å²) in [5, 5.41) is 12.5. The van der Waals surface area contributed by atoms with Gasteiger partial charge in [0.25, 0.3) is 0 Å². The lowest BCUT2D eigenvalue weighted by atomic mass is 10.1. The van der Waals surface area contributed by atoms with Gasteiger partial charge in [-0.15, -0.1) is 11.8 Å². The molecule has 0 unspecified atom stereocenters. The zero-order chi connectivity index (χ0) is 13.5. The van der Waals surface area contributed by atoms with Crippen LogP contribution >= 0.6 is 11.8 Å². The monoisotopic (exact) mass is 273 g/mol. The average molecular weight is 273 g/mol. The second-order valence-electron chi connectivity index (χ2n) is 3.88.